The number of aliphatic hydroxyl groups is 1. The number of aliphatic hydroxyl groups excluding tert-OH is 1. The highest BCUT2D eigenvalue weighted by Crippen LogP contribution is 2.25. The number of sulfone groups is 1. The maximum Gasteiger partial charge on any atom is 0.318 e. The van der Waals surface area contributed by atoms with Crippen molar-refractivity contribution in [1.29, 1.82) is 0 Å². The van der Waals surface area contributed by atoms with Crippen LogP contribution in [0.2, 0.25) is 0 Å². The van der Waals surface area contributed by atoms with Crippen LogP contribution in [-0.2, 0) is 31.1 Å². The second kappa shape index (κ2) is 6.79. The molecule has 2 rings (SSSR count). The smallest absolute Gasteiger partial charge is 0.318 e. The van der Waals surface area contributed by atoms with Crippen LogP contribution in [0, 0.1) is 0 Å². The van der Waals surface area contributed by atoms with E-state index in [1.165, 1.54) is 12.1 Å². The molecule has 1 aliphatic heterocycles. The van der Waals surface area contributed by atoms with Gasteiger partial charge in [-0.1, -0.05) is 19.1 Å². The fraction of sp³-hybridized carbons (Fsp3) is 0.500. The van der Waals surface area contributed by atoms with E-state index in [1.807, 2.05) is 6.92 Å². The zero-order valence-electron chi connectivity index (χ0n) is 13.0. The summed E-state index contributed by atoms with van der Waals surface area (Å²) in [4.78, 5) is 10.9. The first kappa shape index (κ1) is 18.8. The lowest BCUT2D eigenvalue weighted by Crippen LogP contribution is -2.48. The maximum absolute atomic E-state index is 12.8. The Kier molecular flexibility index (Phi) is 5.33. The van der Waals surface area contributed by atoms with Crippen molar-refractivity contribution in [2.45, 2.75) is 30.4 Å². The summed E-state index contributed by atoms with van der Waals surface area (Å²) in [5.74, 6) is -2.62. The van der Waals surface area contributed by atoms with Gasteiger partial charge in [0.15, 0.2) is 9.84 Å². The topological polar surface area (TPSA) is 129 Å². The summed E-state index contributed by atoms with van der Waals surface area (Å²) in [5.41, 5.74) is 0.905. The molecule has 0 radical (unpaired) electrons. The minimum Gasteiger partial charge on any atom is -0.480 e. The Morgan fingerprint density at radius 2 is 1.83 bits per heavy atom. The molecule has 1 aromatic rings. The minimum atomic E-state index is -4.26. The van der Waals surface area contributed by atoms with Gasteiger partial charge in [0.25, 0.3) is 0 Å². The highest BCUT2D eigenvalue weighted by Gasteiger charge is 2.45. The molecule has 1 fully saturated rings. The third-order valence-electron chi connectivity index (χ3n) is 3.89. The second-order valence-electron chi connectivity index (χ2n) is 5.65. The maximum atomic E-state index is 12.8. The number of hydrogen-bond donors (Lipinski definition) is 2. The van der Waals surface area contributed by atoms with Gasteiger partial charge in [-0.3, -0.25) is 4.79 Å². The molecule has 0 bridgehead atoms. The van der Waals surface area contributed by atoms with Crippen molar-refractivity contribution in [1.82, 2.24) is 4.31 Å². The lowest BCUT2D eigenvalue weighted by atomic mass is 10.2. The standard InChI is InChI=1S/C14H19NO7S2/c1-2-10-3-5-11(6-4-10)24(21,22)15(7-14(17)18)12-8-23(19,20)9-13(12)16/h3-6,12-13,16H,2,7-9H2,1H3,(H,17,18)/t12-,13+/m0/s1. The van der Waals surface area contributed by atoms with Crippen LogP contribution < -0.4 is 0 Å². The van der Waals surface area contributed by atoms with Crippen molar-refractivity contribution in [3.8, 4) is 0 Å². The zero-order chi connectivity index (χ0) is 18.1. The number of aliphatic carboxylic acids is 1. The summed E-state index contributed by atoms with van der Waals surface area (Å²) in [6.07, 6.45) is -0.752. The van der Waals surface area contributed by atoms with Gasteiger partial charge in [-0.25, -0.2) is 16.8 Å². The lowest BCUT2D eigenvalue weighted by molar-refractivity contribution is -0.137. The highest BCUT2D eigenvalue weighted by atomic mass is 32.2. The summed E-state index contributed by atoms with van der Waals surface area (Å²) < 4.78 is 49.4. The Morgan fingerprint density at radius 1 is 1.25 bits per heavy atom. The van der Waals surface area contributed by atoms with Gasteiger partial charge in [0, 0.05) is 0 Å². The molecule has 0 aliphatic carbocycles. The lowest BCUT2D eigenvalue weighted by Gasteiger charge is -2.27. The molecule has 134 valence electrons. The predicted molar refractivity (Wildman–Crippen MR) is 85.8 cm³/mol. The number of carboxylic acid groups (broad SMARTS) is 1. The van der Waals surface area contributed by atoms with E-state index in [4.69, 9.17) is 5.11 Å². The largest absolute Gasteiger partial charge is 0.480 e. The first-order valence-corrected chi connectivity index (χ1v) is 10.5. The number of carbonyl (C=O) groups is 1. The molecule has 1 saturated heterocycles. The summed E-state index contributed by atoms with van der Waals surface area (Å²) in [7, 11) is -7.89. The Bertz CT molecular complexity index is 815. The average Bonchev–Trinajstić information content (AvgIpc) is 2.77. The van der Waals surface area contributed by atoms with Crippen LogP contribution in [0.5, 0.6) is 0 Å². The molecular weight excluding hydrogens is 358 g/mol. The first-order chi connectivity index (χ1) is 11.1. The minimum absolute atomic E-state index is 0.141. The van der Waals surface area contributed by atoms with Crippen molar-refractivity contribution in [2.24, 2.45) is 0 Å². The quantitative estimate of drug-likeness (QED) is 0.682. The SMILES string of the molecule is CCc1ccc(S(=O)(=O)N(CC(=O)O)[C@H]2CS(=O)(=O)C[C@H]2O)cc1. The van der Waals surface area contributed by atoms with E-state index in [-0.39, 0.29) is 4.90 Å². The van der Waals surface area contributed by atoms with E-state index in [2.05, 4.69) is 0 Å². The third kappa shape index (κ3) is 3.94. The summed E-state index contributed by atoms with van der Waals surface area (Å²) in [6.45, 7) is 0.981. The molecular formula is C14H19NO7S2. The van der Waals surface area contributed by atoms with Crippen molar-refractivity contribution in [2.75, 3.05) is 18.1 Å². The fourth-order valence-electron chi connectivity index (χ4n) is 2.63. The fourth-order valence-corrected chi connectivity index (χ4v) is 6.13. The molecule has 0 saturated carbocycles. The van der Waals surface area contributed by atoms with E-state index >= 15 is 0 Å². The Morgan fingerprint density at radius 3 is 2.25 bits per heavy atom. The molecule has 0 unspecified atom stereocenters. The number of hydrogen-bond acceptors (Lipinski definition) is 6. The van der Waals surface area contributed by atoms with Crippen LogP contribution in [0.4, 0.5) is 0 Å². The van der Waals surface area contributed by atoms with Crippen LogP contribution in [0.1, 0.15) is 12.5 Å². The van der Waals surface area contributed by atoms with E-state index < -0.39 is 56.0 Å². The van der Waals surface area contributed by atoms with Gasteiger partial charge in [0.2, 0.25) is 10.0 Å². The van der Waals surface area contributed by atoms with Gasteiger partial charge in [-0.05, 0) is 24.1 Å². The van der Waals surface area contributed by atoms with Crippen LogP contribution in [-0.4, -0.2) is 67.5 Å². The molecule has 24 heavy (non-hydrogen) atoms. The van der Waals surface area contributed by atoms with Crippen molar-refractivity contribution in [3.63, 3.8) is 0 Å². The van der Waals surface area contributed by atoms with Crippen molar-refractivity contribution in [3.05, 3.63) is 29.8 Å². The number of aryl methyl sites for hydroxylation is 1. The molecule has 1 aliphatic rings. The molecule has 2 atom stereocenters. The van der Waals surface area contributed by atoms with Gasteiger partial charge in [0.05, 0.1) is 28.5 Å². The van der Waals surface area contributed by atoms with Gasteiger partial charge < -0.3 is 10.2 Å². The van der Waals surface area contributed by atoms with Gasteiger partial charge >= 0.3 is 5.97 Å². The Labute approximate surface area is 140 Å². The number of benzene rings is 1. The van der Waals surface area contributed by atoms with Crippen molar-refractivity contribution < 1.29 is 31.8 Å². The zero-order valence-corrected chi connectivity index (χ0v) is 14.6. The highest BCUT2D eigenvalue weighted by molar-refractivity contribution is 7.92. The van der Waals surface area contributed by atoms with Crippen LogP contribution >= 0.6 is 0 Å². The normalized spacial score (nSPS) is 23.5. The van der Waals surface area contributed by atoms with Crippen LogP contribution in [0.15, 0.2) is 29.2 Å². The second-order valence-corrected chi connectivity index (χ2v) is 9.70. The molecule has 0 amide bonds. The Balaban J connectivity index is 2.44. The number of carboxylic acids is 1. The van der Waals surface area contributed by atoms with E-state index in [0.717, 1.165) is 5.56 Å². The van der Waals surface area contributed by atoms with Crippen LogP contribution in [0.25, 0.3) is 0 Å². The van der Waals surface area contributed by atoms with Crippen LogP contribution in [0.3, 0.4) is 0 Å². The number of sulfonamides is 1. The molecule has 8 nitrogen and oxygen atoms in total. The van der Waals surface area contributed by atoms with E-state index in [0.29, 0.717) is 10.7 Å². The summed E-state index contributed by atoms with van der Waals surface area (Å²) in [6, 6.07) is 4.58. The first-order valence-electron chi connectivity index (χ1n) is 7.28. The van der Waals surface area contributed by atoms with Gasteiger partial charge in [-0.2, -0.15) is 4.31 Å². The molecule has 1 aromatic carbocycles. The van der Waals surface area contributed by atoms with Crippen molar-refractivity contribution >= 4 is 25.8 Å². The van der Waals surface area contributed by atoms with E-state index in [9.17, 15) is 26.7 Å². The van der Waals surface area contributed by atoms with E-state index in [1.54, 1.807) is 12.1 Å². The number of nitrogens with zero attached hydrogens (tertiary/aromatic N) is 1. The summed E-state index contributed by atoms with van der Waals surface area (Å²) >= 11 is 0. The monoisotopic (exact) mass is 377 g/mol. The molecule has 0 spiro atoms. The molecule has 1 heterocycles. The summed E-state index contributed by atoms with van der Waals surface area (Å²) in [5, 5.41) is 18.9. The average molecular weight is 377 g/mol. The molecule has 2 N–H and O–H groups in total. The Hall–Kier alpha value is -1.49. The van der Waals surface area contributed by atoms with Gasteiger partial charge in [-0.15, -0.1) is 0 Å². The molecule has 10 heteroatoms. The molecule has 0 aromatic heterocycles. The van der Waals surface area contributed by atoms with Gasteiger partial charge in [0.1, 0.15) is 6.54 Å². The number of rotatable bonds is 6. The predicted octanol–water partition coefficient (Wildman–Crippen LogP) is -0.518. The third-order valence-corrected chi connectivity index (χ3v) is 7.48.